The number of rotatable bonds is 3. The van der Waals surface area contributed by atoms with E-state index in [9.17, 15) is 0 Å². The number of aromatic nitrogens is 4. The number of para-hydroxylation sites is 1. The molecular formula is C13H15N5O. The van der Waals surface area contributed by atoms with Crippen molar-refractivity contribution in [2.45, 2.75) is 0 Å². The van der Waals surface area contributed by atoms with Crippen LogP contribution in [0.15, 0.2) is 36.5 Å². The fourth-order valence-corrected chi connectivity index (χ4v) is 1.95. The number of hydrogen-bond donors (Lipinski definition) is 0. The molecule has 1 aliphatic rings. The van der Waals surface area contributed by atoms with Gasteiger partial charge in [-0.05, 0) is 22.6 Å². The van der Waals surface area contributed by atoms with Gasteiger partial charge in [-0.15, -0.1) is 5.10 Å². The molecule has 19 heavy (non-hydrogen) atoms. The number of ether oxygens (including phenoxy) is 1. The van der Waals surface area contributed by atoms with Gasteiger partial charge in [-0.25, -0.2) is 0 Å². The maximum Gasteiger partial charge on any atom is 0.181 e. The predicted octanol–water partition coefficient (Wildman–Crippen LogP) is 0.965. The Morgan fingerprint density at radius 2 is 1.89 bits per heavy atom. The van der Waals surface area contributed by atoms with Crippen LogP contribution in [-0.4, -0.2) is 51.4 Å². The van der Waals surface area contributed by atoms with Crippen molar-refractivity contribution in [3.05, 3.63) is 42.4 Å². The van der Waals surface area contributed by atoms with Gasteiger partial charge in [0.15, 0.2) is 5.82 Å². The molecule has 0 unspecified atom stereocenters. The van der Waals surface area contributed by atoms with Gasteiger partial charge in [-0.2, -0.15) is 4.68 Å². The van der Waals surface area contributed by atoms with Crippen LogP contribution in [0.5, 0.6) is 0 Å². The summed E-state index contributed by atoms with van der Waals surface area (Å²) in [5.74, 6) is 0.720. The average molecular weight is 257 g/mol. The van der Waals surface area contributed by atoms with Crippen molar-refractivity contribution in [2.24, 2.45) is 0 Å². The molecule has 0 radical (unpaired) electrons. The number of tetrazole rings is 1. The molecule has 6 nitrogen and oxygen atoms in total. The summed E-state index contributed by atoms with van der Waals surface area (Å²) in [5, 5.41) is 11.8. The molecule has 1 aromatic heterocycles. The summed E-state index contributed by atoms with van der Waals surface area (Å²) in [6, 6.07) is 9.85. The summed E-state index contributed by atoms with van der Waals surface area (Å²) in [6.07, 6.45) is 3.95. The van der Waals surface area contributed by atoms with Crippen molar-refractivity contribution in [2.75, 3.05) is 26.3 Å². The molecule has 0 bridgehead atoms. The molecule has 2 aromatic rings. The van der Waals surface area contributed by atoms with E-state index >= 15 is 0 Å². The first-order valence-corrected chi connectivity index (χ1v) is 6.27. The van der Waals surface area contributed by atoms with Crippen LogP contribution in [0.25, 0.3) is 11.8 Å². The van der Waals surface area contributed by atoms with Crippen LogP contribution in [0.1, 0.15) is 5.82 Å². The van der Waals surface area contributed by atoms with Crippen molar-refractivity contribution in [3.63, 3.8) is 0 Å². The van der Waals surface area contributed by atoms with E-state index < -0.39 is 0 Å². The summed E-state index contributed by atoms with van der Waals surface area (Å²) in [7, 11) is 0. The van der Waals surface area contributed by atoms with Gasteiger partial charge < -0.3 is 9.64 Å². The highest BCUT2D eigenvalue weighted by Crippen LogP contribution is 2.08. The smallest absolute Gasteiger partial charge is 0.181 e. The lowest BCUT2D eigenvalue weighted by atomic mass is 10.3. The Balaban J connectivity index is 1.78. The van der Waals surface area contributed by atoms with Crippen LogP contribution in [0.3, 0.4) is 0 Å². The van der Waals surface area contributed by atoms with Crippen molar-refractivity contribution in [1.29, 1.82) is 0 Å². The molecule has 1 aliphatic heterocycles. The first-order valence-electron chi connectivity index (χ1n) is 6.27. The van der Waals surface area contributed by atoms with E-state index in [0.717, 1.165) is 37.8 Å². The van der Waals surface area contributed by atoms with Gasteiger partial charge >= 0.3 is 0 Å². The zero-order valence-electron chi connectivity index (χ0n) is 10.5. The zero-order chi connectivity index (χ0) is 12.9. The van der Waals surface area contributed by atoms with E-state index in [0.29, 0.717) is 0 Å². The molecule has 98 valence electrons. The minimum Gasteiger partial charge on any atom is -0.378 e. The molecule has 1 aromatic carbocycles. The van der Waals surface area contributed by atoms with Gasteiger partial charge in [0.2, 0.25) is 0 Å². The average Bonchev–Trinajstić information content (AvgIpc) is 2.95. The molecule has 0 amide bonds. The molecule has 0 aliphatic carbocycles. The quantitative estimate of drug-likeness (QED) is 0.820. The van der Waals surface area contributed by atoms with E-state index in [1.807, 2.05) is 42.6 Å². The minimum absolute atomic E-state index is 0.720. The number of benzene rings is 1. The van der Waals surface area contributed by atoms with Gasteiger partial charge in [-0.1, -0.05) is 18.2 Å². The van der Waals surface area contributed by atoms with E-state index in [-0.39, 0.29) is 0 Å². The molecular weight excluding hydrogens is 242 g/mol. The fourth-order valence-electron chi connectivity index (χ4n) is 1.95. The maximum absolute atomic E-state index is 5.31. The Morgan fingerprint density at radius 1 is 1.11 bits per heavy atom. The number of morpholine rings is 1. The highest BCUT2D eigenvalue weighted by molar-refractivity contribution is 5.43. The summed E-state index contributed by atoms with van der Waals surface area (Å²) >= 11 is 0. The van der Waals surface area contributed by atoms with Gasteiger partial charge in [-0.3, -0.25) is 0 Å². The van der Waals surface area contributed by atoms with Crippen LogP contribution in [-0.2, 0) is 4.74 Å². The van der Waals surface area contributed by atoms with Crippen molar-refractivity contribution in [3.8, 4) is 5.69 Å². The summed E-state index contributed by atoms with van der Waals surface area (Å²) in [6.45, 7) is 3.36. The molecule has 0 N–H and O–H groups in total. The van der Waals surface area contributed by atoms with Crippen molar-refractivity contribution in [1.82, 2.24) is 25.1 Å². The highest BCUT2D eigenvalue weighted by Gasteiger charge is 2.07. The number of nitrogens with zero attached hydrogens (tertiary/aromatic N) is 5. The first-order chi connectivity index (χ1) is 9.43. The van der Waals surface area contributed by atoms with E-state index in [1.165, 1.54) is 0 Å². The molecule has 6 heteroatoms. The predicted molar refractivity (Wildman–Crippen MR) is 70.6 cm³/mol. The zero-order valence-corrected chi connectivity index (χ0v) is 10.5. The Hall–Kier alpha value is -2.21. The normalized spacial score (nSPS) is 16.1. The van der Waals surface area contributed by atoms with Gasteiger partial charge in [0.05, 0.1) is 18.9 Å². The third kappa shape index (κ3) is 2.79. The van der Waals surface area contributed by atoms with Gasteiger partial charge in [0.25, 0.3) is 0 Å². The monoisotopic (exact) mass is 257 g/mol. The lowest BCUT2D eigenvalue weighted by Gasteiger charge is -2.24. The third-order valence-corrected chi connectivity index (χ3v) is 2.97. The van der Waals surface area contributed by atoms with Gasteiger partial charge in [0, 0.05) is 25.4 Å². The number of hydrogen-bond acceptors (Lipinski definition) is 5. The maximum atomic E-state index is 5.31. The van der Waals surface area contributed by atoms with Crippen LogP contribution >= 0.6 is 0 Å². The molecule has 0 saturated carbocycles. The van der Waals surface area contributed by atoms with E-state index in [4.69, 9.17) is 4.74 Å². The Morgan fingerprint density at radius 3 is 2.68 bits per heavy atom. The Bertz CT molecular complexity index is 545. The lowest BCUT2D eigenvalue weighted by Crippen LogP contribution is -2.31. The second-order valence-corrected chi connectivity index (χ2v) is 4.25. The summed E-state index contributed by atoms with van der Waals surface area (Å²) in [5.41, 5.74) is 0.953. The topological polar surface area (TPSA) is 56.1 Å². The largest absolute Gasteiger partial charge is 0.378 e. The Labute approximate surface area is 111 Å². The van der Waals surface area contributed by atoms with E-state index in [2.05, 4.69) is 20.4 Å². The molecule has 3 rings (SSSR count). The van der Waals surface area contributed by atoms with Crippen molar-refractivity contribution >= 4 is 6.08 Å². The first kappa shape index (κ1) is 11.9. The fraction of sp³-hybridized carbons (Fsp3) is 0.308. The standard InChI is InChI=1S/C13H15N5O/c1-2-4-12(5-3-1)18-13(14-15-16-18)6-7-17-8-10-19-11-9-17/h1-7H,8-11H2. The molecule has 2 heterocycles. The second-order valence-electron chi connectivity index (χ2n) is 4.25. The summed E-state index contributed by atoms with van der Waals surface area (Å²) < 4.78 is 7.03. The van der Waals surface area contributed by atoms with E-state index in [1.54, 1.807) is 4.68 Å². The Kier molecular flexibility index (Phi) is 3.51. The third-order valence-electron chi connectivity index (χ3n) is 2.97. The lowest BCUT2D eigenvalue weighted by molar-refractivity contribution is 0.0597. The van der Waals surface area contributed by atoms with Gasteiger partial charge in [0.1, 0.15) is 0 Å². The minimum atomic E-state index is 0.720. The highest BCUT2D eigenvalue weighted by atomic mass is 16.5. The van der Waals surface area contributed by atoms with Crippen LogP contribution in [0.4, 0.5) is 0 Å². The van der Waals surface area contributed by atoms with Crippen molar-refractivity contribution < 1.29 is 4.74 Å². The van der Waals surface area contributed by atoms with Crippen LogP contribution < -0.4 is 0 Å². The second kappa shape index (κ2) is 5.62. The van der Waals surface area contributed by atoms with Crippen LogP contribution in [0, 0.1) is 0 Å². The summed E-state index contributed by atoms with van der Waals surface area (Å²) in [4.78, 5) is 2.20. The SMILES string of the molecule is C(=CN1CCOCC1)c1nnnn1-c1ccccc1. The molecule has 1 saturated heterocycles. The molecule has 0 atom stereocenters. The molecule has 0 spiro atoms. The molecule has 1 fully saturated rings. The van der Waals surface area contributed by atoms with Crippen LogP contribution in [0.2, 0.25) is 0 Å².